The number of benzene rings is 1. The molecule has 2 unspecified atom stereocenters. The van der Waals surface area contributed by atoms with Crippen molar-refractivity contribution < 1.29 is 9.53 Å². The van der Waals surface area contributed by atoms with Crippen LogP contribution in [-0.2, 0) is 22.5 Å². The maximum atomic E-state index is 13.4. The van der Waals surface area contributed by atoms with Gasteiger partial charge in [-0.15, -0.1) is 0 Å². The molecule has 0 aliphatic carbocycles. The second-order valence-electron chi connectivity index (χ2n) is 9.48. The van der Waals surface area contributed by atoms with Crippen LogP contribution in [0.2, 0.25) is 0 Å². The zero-order chi connectivity index (χ0) is 26.7. The van der Waals surface area contributed by atoms with Crippen LogP contribution < -0.4 is 10.5 Å². The fourth-order valence-corrected chi connectivity index (χ4v) is 6.33. The van der Waals surface area contributed by atoms with Gasteiger partial charge < -0.3 is 9.64 Å². The molecule has 1 aromatic carbocycles. The van der Waals surface area contributed by atoms with E-state index in [0.717, 1.165) is 18.7 Å². The largest absolute Gasteiger partial charge is 0.372 e. The Balaban J connectivity index is 1.70. The van der Waals surface area contributed by atoms with E-state index in [1.807, 2.05) is 45.0 Å². The van der Waals surface area contributed by atoms with Crippen LogP contribution in [0.15, 0.2) is 40.0 Å². The molecule has 0 bridgehead atoms. The van der Waals surface area contributed by atoms with E-state index in [4.69, 9.17) is 17.0 Å². The van der Waals surface area contributed by atoms with Gasteiger partial charge in [0.05, 0.1) is 17.1 Å². The second kappa shape index (κ2) is 11.6. The number of pyridine rings is 1. The van der Waals surface area contributed by atoms with Crippen molar-refractivity contribution in [2.24, 2.45) is 0 Å². The van der Waals surface area contributed by atoms with E-state index < -0.39 is 0 Å². The van der Waals surface area contributed by atoms with Gasteiger partial charge in [-0.1, -0.05) is 54.3 Å². The van der Waals surface area contributed by atoms with Gasteiger partial charge in [0.15, 0.2) is 0 Å². The molecule has 2 saturated heterocycles. The highest BCUT2D eigenvalue weighted by atomic mass is 32.2. The third-order valence-electron chi connectivity index (χ3n) is 6.72. The van der Waals surface area contributed by atoms with Crippen molar-refractivity contribution in [3.63, 3.8) is 0 Å². The predicted molar refractivity (Wildman–Crippen MR) is 153 cm³/mol. The number of aromatic nitrogens is 1. The molecule has 0 radical (unpaired) electrons. The van der Waals surface area contributed by atoms with Crippen molar-refractivity contribution >= 4 is 46.1 Å². The highest BCUT2D eigenvalue weighted by molar-refractivity contribution is 8.26. The number of carbonyl (C=O) groups excluding carboxylic acids is 1. The van der Waals surface area contributed by atoms with Crippen LogP contribution in [0.5, 0.6) is 0 Å². The molecule has 2 aliphatic rings. The first-order valence-electron chi connectivity index (χ1n) is 12.6. The van der Waals surface area contributed by atoms with Gasteiger partial charge in [0, 0.05) is 31.7 Å². The van der Waals surface area contributed by atoms with Crippen LogP contribution in [0.1, 0.15) is 49.4 Å². The maximum absolute atomic E-state index is 13.4. The third kappa shape index (κ3) is 5.66. The van der Waals surface area contributed by atoms with E-state index in [0.29, 0.717) is 46.5 Å². The van der Waals surface area contributed by atoms with Crippen molar-refractivity contribution in [1.82, 2.24) is 9.47 Å². The minimum Gasteiger partial charge on any atom is -0.372 e. The topological polar surface area (TPSA) is 78.6 Å². The van der Waals surface area contributed by atoms with Gasteiger partial charge in [-0.3, -0.25) is 19.1 Å². The summed E-state index contributed by atoms with van der Waals surface area (Å²) in [5.74, 6) is 0.588. The molecule has 2 aliphatic heterocycles. The van der Waals surface area contributed by atoms with Crippen molar-refractivity contribution in [3.8, 4) is 6.07 Å². The number of thiocarbonyl (C=S) groups is 1. The summed E-state index contributed by atoms with van der Waals surface area (Å²) in [6, 6.07) is 12.3. The fourth-order valence-electron chi connectivity index (χ4n) is 5.04. The van der Waals surface area contributed by atoms with Crippen molar-refractivity contribution in [1.29, 1.82) is 5.26 Å². The first kappa shape index (κ1) is 27.1. The smallest absolute Gasteiger partial charge is 0.270 e. The van der Waals surface area contributed by atoms with E-state index in [1.165, 1.54) is 17.3 Å². The Labute approximate surface area is 227 Å². The Morgan fingerprint density at radius 3 is 2.49 bits per heavy atom. The summed E-state index contributed by atoms with van der Waals surface area (Å²) >= 11 is 6.85. The van der Waals surface area contributed by atoms with E-state index in [2.05, 4.69) is 23.1 Å². The molecule has 7 nitrogen and oxygen atoms in total. The number of ether oxygens (including phenoxy) is 1. The first-order valence-corrected chi connectivity index (χ1v) is 13.8. The SMILES string of the molecule is CCn1c(N2CC(C)OC(C)C2)c(/C=C2\SC(=S)N(CCCc3ccccc3)C2=O)c(C)c(C#N)c1=O. The van der Waals surface area contributed by atoms with Crippen molar-refractivity contribution in [2.45, 2.75) is 59.3 Å². The second-order valence-corrected chi connectivity index (χ2v) is 11.2. The molecule has 3 heterocycles. The number of nitriles is 1. The van der Waals surface area contributed by atoms with Crippen LogP contribution >= 0.6 is 24.0 Å². The molecule has 37 heavy (non-hydrogen) atoms. The lowest BCUT2D eigenvalue weighted by atomic mass is 10.0. The lowest BCUT2D eigenvalue weighted by molar-refractivity contribution is -0.122. The Bertz CT molecular complexity index is 1320. The summed E-state index contributed by atoms with van der Waals surface area (Å²) in [6.07, 6.45) is 3.45. The van der Waals surface area contributed by atoms with Crippen LogP contribution in [0.25, 0.3) is 6.08 Å². The minimum absolute atomic E-state index is 0.0178. The summed E-state index contributed by atoms with van der Waals surface area (Å²) in [5, 5.41) is 9.80. The maximum Gasteiger partial charge on any atom is 0.270 e. The Kier molecular flexibility index (Phi) is 8.53. The van der Waals surface area contributed by atoms with Gasteiger partial charge in [-0.05, 0) is 57.7 Å². The number of thioether (sulfide) groups is 1. The van der Waals surface area contributed by atoms with E-state index in [-0.39, 0.29) is 29.2 Å². The highest BCUT2D eigenvalue weighted by Gasteiger charge is 2.34. The molecule has 1 aromatic heterocycles. The molecular formula is C28H32N4O3S2. The number of aryl methyl sites for hydroxylation is 1. The van der Waals surface area contributed by atoms with Gasteiger partial charge in [0.1, 0.15) is 21.8 Å². The van der Waals surface area contributed by atoms with Crippen LogP contribution in [0, 0.1) is 18.3 Å². The molecule has 1 amide bonds. The summed E-state index contributed by atoms with van der Waals surface area (Å²) in [4.78, 5) is 31.0. The lowest BCUT2D eigenvalue weighted by Gasteiger charge is -2.39. The molecular weight excluding hydrogens is 504 g/mol. The summed E-state index contributed by atoms with van der Waals surface area (Å²) in [5.41, 5.74) is 2.31. The van der Waals surface area contributed by atoms with Crippen LogP contribution in [-0.4, -0.2) is 51.5 Å². The molecule has 194 valence electrons. The van der Waals surface area contributed by atoms with Gasteiger partial charge in [0.25, 0.3) is 11.5 Å². The first-order chi connectivity index (χ1) is 17.7. The Hall–Kier alpha value is -2.93. The molecule has 2 atom stereocenters. The Morgan fingerprint density at radius 1 is 1.19 bits per heavy atom. The summed E-state index contributed by atoms with van der Waals surface area (Å²) in [6.45, 7) is 9.85. The van der Waals surface area contributed by atoms with Gasteiger partial charge in [0.2, 0.25) is 0 Å². The zero-order valence-electron chi connectivity index (χ0n) is 21.7. The average Bonchev–Trinajstić information content (AvgIpc) is 3.13. The molecule has 2 aromatic rings. The number of rotatable bonds is 7. The quantitative estimate of drug-likeness (QED) is 0.381. The monoisotopic (exact) mass is 536 g/mol. The van der Waals surface area contributed by atoms with E-state index >= 15 is 0 Å². The number of nitrogens with zero attached hydrogens (tertiary/aromatic N) is 4. The zero-order valence-corrected chi connectivity index (χ0v) is 23.3. The van der Waals surface area contributed by atoms with Crippen LogP contribution in [0.4, 0.5) is 5.82 Å². The lowest BCUT2D eigenvalue weighted by Crippen LogP contribution is -2.48. The molecule has 0 N–H and O–H groups in total. The summed E-state index contributed by atoms with van der Waals surface area (Å²) in [7, 11) is 0. The Morgan fingerprint density at radius 2 is 1.86 bits per heavy atom. The highest BCUT2D eigenvalue weighted by Crippen LogP contribution is 2.36. The number of hydrogen-bond donors (Lipinski definition) is 0. The fraction of sp³-hybridized carbons (Fsp3) is 0.429. The normalized spacial score (nSPS) is 21.1. The average molecular weight is 537 g/mol. The van der Waals surface area contributed by atoms with E-state index in [9.17, 15) is 14.9 Å². The van der Waals surface area contributed by atoms with Crippen molar-refractivity contribution in [3.05, 3.63) is 67.8 Å². The molecule has 4 rings (SSSR count). The third-order valence-corrected chi connectivity index (χ3v) is 8.10. The van der Waals surface area contributed by atoms with Gasteiger partial charge >= 0.3 is 0 Å². The minimum atomic E-state index is -0.310. The van der Waals surface area contributed by atoms with Gasteiger partial charge in [-0.2, -0.15) is 5.26 Å². The number of morpholine rings is 1. The van der Waals surface area contributed by atoms with Crippen molar-refractivity contribution in [2.75, 3.05) is 24.5 Å². The molecule has 9 heteroatoms. The summed E-state index contributed by atoms with van der Waals surface area (Å²) < 4.78 is 8.10. The van der Waals surface area contributed by atoms with E-state index in [1.54, 1.807) is 16.4 Å². The van der Waals surface area contributed by atoms with Gasteiger partial charge in [-0.25, -0.2) is 0 Å². The van der Waals surface area contributed by atoms with Crippen LogP contribution in [0.3, 0.4) is 0 Å². The predicted octanol–water partition coefficient (Wildman–Crippen LogP) is 4.50. The molecule has 2 fully saturated rings. The number of amides is 1. The number of carbonyl (C=O) groups is 1. The molecule has 0 saturated carbocycles. The number of anilines is 1. The molecule has 0 spiro atoms. The number of hydrogen-bond acceptors (Lipinski definition) is 7. The standard InChI is InChI=1S/C28H32N4O3S2/c1-5-31-25(30-16-18(2)35-19(3)17-30)22(20(4)23(15-29)26(31)33)14-24-27(34)32(28(36)37-24)13-9-12-21-10-7-6-8-11-21/h6-8,10-11,14,18-19H,5,9,12-13,16-17H2,1-4H3/b24-14-.